The molecule has 1 N–H and O–H groups in total. The van der Waals surface area contributed by atoms with Crippen LogP contribution in [0.1, 0.15) is 25.8 Å². The Balaban J connectivity index is 2.26. The summed E-state index contributed by atoms with van der Waals surface area (Å²) in [5.74, 6) is 0.710. The van der Waals surface area contributed by atoms with Crippen molar-refractivity contribution >= 4 is 15.7 Å². The first-order valence-corrected chi connectivity index (χ1v) is 8.57. The number of rotatable bonds is 6. The summed E-state index contributed by atoms with van der Waals surface area (Å²) in [5, 5.41) is 0. The number of anilines is 1. The molecule has 0 spiro atoms. The molecule has 0 bridgehead atoms. The van der Waals surface area contributed by atoms with E-state index in [1.165, 1.54) is 6.26 Å². The van der Waals surface area contributed by atoms with E-state index in [4.69, 9.17) is 4.42 Å². The van der Waals surface area contributed by atoms with Gasteiger partial charge in [-0.25, -0.2) is 13.4 Å². The van der Waals surface area contributed by atoms with Crippen LogP contribution in [-0.4, -0.2) is 19.2 Å². The number of hydrogen-bond donors (Lipinski definition) is 1. The van der Waals surface area contributed by atoms with Crippen LogP contribution in [0.2, 0.25) is 0 Å². The zero-order valence-corrected chi connectivity index (χ0v) is 13.3. The minimum atomic E-state index is -3.36. The highest BCUT2D eigenvalue weighted by Crippen LogP contribution is 2.25. The Labute approximate surface area is 125 Å². The number of sulfonamides is 1. The molecule has 2 aromatic rings. The van der Waals surface area contributed by atoms with Gasteiger partial charge in [0.25, 0.3) is 0 Å². The highest BCUT2D eigenvalue weighted by Gasteiger charge is 2.16. The Bertz CT molecular complexity index is 694. The largest absolute Gasteiger partial charge is 0.445 e. The molecule has 1 aromatic heterocycles. The second-order valence-corrected chi connectivity index (χ2v) is 7.03. The van der Waals surface area contributed by atoms with Crippen molar-refractivity contribution in [2.45, 2.75) is 27.2 Å². The van der Waals surface area contributed by atoms with Crippen LogP contribution in [0.4, 0.5) is 5.69 Å². The van der Waals surface area contributed by atoms with E-state index in [1.54, 1.807) is 12.3 Å². The number of aryl methyl sites for hydroxylation is 1. The molecule has 0 saturated carbocycles. The standard InChI is InChI=1S/C15H20N2O3S/c1-4-11(2)10-21(18,19)17-14-9-13(6-5-12(14)3)15-16-7-8-20-15/h5-9,11,17H,4,10H2,1-3H3/t11-/m0/s1. The van der Waals surface area contributed by atoms with Gasteiger partial charge in [-0.05, 0) is 30.5 Å². The molecule has 0 aliphatic heterocycles. The average Bonchev–Trinajstić information content (AvgIpc) is 2.94. The maximum atomic E-state index is 12.2. The molecule has 0 saturated heterocycles. The molecule has 5 nitrogen and oxygen atoms in total. The summed E-state index contributed by atoms with van der Waals surface area (Å²) >= 11 is 0. The van der Waals surface area contributed by atoms with E-state index in [9.17, 15) is 8.42 Å². The first kappa shape index (κ1) is 15.6. The molecule has 1 heterocycles. The van der Waals surface area contributed by atoms with Crippen molar-refractivity contribution < 1.29 is 12.8 Å². The van der Waals surface area contributed by atoms with Crippen molar-refractivity contribution in [2.24, 2.45) is 5.92 Å². The fraction of sp³-hybridized carbons (Fsp3) is 0.400. The molecule has 6 heteroatoms. The van der Waals surface area contributed by atoms with Crippen LogP contribution in [0.15, 0.2) is 35.1 Å². The third-order valence-electron chi connectivity index (χ3n) is 3.38. The predicted molar refractivity (Wildman–Crippen MR) is 83.5 cm³/mol. The minimum absolute atomic E-state index is 0.117. The van der Waals surface area contributed by atoms with Gasteiger partial charge in [0.1, 0.15) is 6.26 Å². The van der Waals surface area contributed by atoms with Crippen molar-refractivity contribution in [3.8, 4) is 11.5 Å². The molecular weight excluding hydrogens is 288 g/mol. The number of oxazole rings is 1. The highest BCUT2D eigenvalue weighted by atomic mass is 32.2. The summed E-state index contributed by atoms with van der Waals surface area (Å²) in [5.41, 5.74) is 2.17. The lowest BCUT2D eigenvalue weighted by Crippen LogP contribution is -2.21. The van der Waals surface area contributed by atoms with Gasteiger partial charge in [-0.3, -0.25) is 4.72 Å². The van der Waals surface area contributed by atoms with Crippen LogP contribution in [0.5, 0.6) is 0 Å². The first-order chi connectivity index (χ1) is 9.91. The van der Waals surface area contributed by atoms with E-state index in [2.05, 4.69) is 9.71 Å². The van der Waals surface area contributed by atoms with Crippen LogP contribution in [0, 0.1) is 12.8 Å². The van der Waals surface area contributed by atoms with Gasteiger partial charge < -0.3 is 4.42 Å². The van der Waals surface area contributed by atoms with Crippen molar-refractivity contribution in [3.63, 3.8) is 0 Å². The molecule has 2 rings (SSSR count). The maximum absolute atomic E-state index is 12.2. The maximum Gasteiger partial charge on any atom is 0.232 e. The molecule has 0 aliphatic rings. The Morgan fingerprint density at radius 3 is 2.76 bits per heavy atom. The fourth-order valence-corrected chi connectivity index (χ4v) is 3.56. The Kier molecular flexibility index (Phi) is 4.67. The monoisotopic (exact) mass is 308 g/mol. The van der Waals surface area contributed by atoms with Gasteiger partial charge in [0.2, 0.25) is 15.9 Å². The van der Waals surface area contributed by atoms with Crippen LogP contribution in [0.3, 0.4) is 0 Å². The molecule has 21 heavy (non-hydrogen) atoms. The summed E-state index contributed by atoms with van der Waals surface area (Å²) in [4.78, 5) is 4.07. The molecule has 1 atom stereocenters. The van der Waals surface area contributed by atoms with Crippen LogP contribution in [-0.2, 0) is 10.0 Å². The number of nitrogens with one attached hydrogen (secondary N) is 1. The predicted octanol–water partition coefficient (Wildman–Crippen LogP) is 3.44. The van der Waals surface area contributed by atoms with E-state index in [1.807, 2.05) is 32.9 Å². The summed E-state index contributed by atoms with van der Waals surface area (Å²) in [7, 11) is -3.36. The average molecular weight is 308 g/mol. The van der Waals surface area contributed by atoms with Crippen LogP contribution in [0.25, 0.3) is 11.5 Å². The van der Waals surface area contributed by atoms with Crippen LogP contribution < -0.4 is 4.72 Å². The van der Waals surface area contributed by atoms with Gasteiger partial charge in [0, 0.05) is 5.56 Å². The van der Waals surface area contributed by atoms with E-state index in [0.29, 0.717) is 11.6 Å². The lowest BCUT2D eigenvalue weighted by Gasteiger charge is -2.14. The van der Waals surface area contributed by atoms with Gasteiger partial charge in [-0.1, -0.05) is 26.3 Å². The Morgan fingerprint density at radius 2 is 2.14 bits per heavy atom. The van der Waals surface area contributed by atoms with Crippen molar-refractivity contribution in [2.75, 3.05) is 10.5 Å². The van der Waals surface area contributed by atoms with E-state index >= 15 is 0 Å². The molecule has 0 amide bonds. The molecule has 0 unspecified atom stereocenters. The molecule has 0 aliphatic carbocycles. The Morgan fingerprint density at radius 1 is 1.38 bits per heavy atom. The summed E-state index contributed by atoms with van der Waals surface area (Å²) in [6, 6.07) is 5.45. The van der Waals surface area contributed by atoms with E-state index < -0.39 is 10.0 Å². The molecular formula is C15H20N2O3S. The summed E-state index contributed by atoms with van der Waals surface area (Å²) in [6.07, 6.45) is 3.88. The van der Waals surface area contributed by atoms with Crippen molar-refractivity contribution in [1.82, 2.24) is 4.98 Å². The summed E-state index contributed by atoms with van der Waals surface area (Å²) in [6.45, 7) is 5.77. The van der Waals surface area contributed by atoms with Gasteiger partial charge >= 0.3 is 0 Å². The molecule has 114 valence electrons. The lowest BCUT2D eigenvalue weighted by molar-refractivity contribution is 0.568. The number of aromatic nitrogens is 1. The minimum Gasteiger partial charge on any atom is -0.445 e. The fourth-order valence-electron chi connectivity index (χ4n) is 1.93. The van der Waals surface area contributed by atoms with Gasteiger partial charge in [-0.15, -0.1) is 0 Å². The molecule has 0 radical (unpaired) electrons. The lowest BCUT2D eigenvalue weighted by atomic mass is 10.1. The van der Waals surface area contributed by atoms with E-state index in [0.717, 1.165) is 17.5 Å². The normalized spacial score (nSPS) is 13.1. The third-order valence-corrected chi connectivity index (χ3v) is 4.92. The number of hydrogen-bond acceptors (Lipinski definition) is 4. The Hall–Kier alpha value is -1.82. The highest BCUT2D eigenvalue weighted by molar-refractivity contribution is 7.92. The van der Waals surface area contributed by atoms with Gasteiger partial charge in [0.05, 0.1) is 17.6 Å². The van der Waals surface area contributed by atoms with E-state index in [-0.39, 0.29) is 11.7 Å². The quantitative estimate of drug-likeness (QED) is 0.887. The number of benzene rings is 1. The SMILES string of the molecule is CC[C@H](C)CS(=O)(=O)Nc1cc(-c2ncco2)ccc1C. The third kappa shape index (κ3) is 4.07. The first-order valence-electron chi connectivity index (χ1n) is 6.92. The second kappa shape index (κ2) is 6.30. The molecule has 0 fully saturated rings. The molecule has 1 aromatic carbocycles. The van der Waals surface area contributed by atoms with Crippen molar-refractivity contribution in [3.05, 3.63) is 36.2 Å². The van der Waals surface area contributed by atoms with Gasteiger partial charge in [0.15, 0.2) is 0 Å². The topological polar surface area (TPSA) is 72.2 Å². The summed E-state index contributed by atoms with van der Waals surface area (Å²) < 4.78 is 32.2. The second-order valence-electron chi connectivity index (χ2n) is 5.26. The van der Waals surface area contributed by atoms with Gasteiger partial charge in [-0.2, -0.15) is 0 Å². The van der Waals surface area contributed by atoms with Crippen LogP contribution >= 0.6 is 0 Å². The zero-order valence-electron chi connectivity index (χ0n) is 12.5. The zero-order chi connectivity index (χ0) is 15.5. The van der Waals surface area contributed by atoms with Crippen molar-refractivity contribution in [1.29, 1.82) is 0 Å². The smallest absolute Gasteiger partial charge is 0.232 e. The number of nitrogens with zero attached hydrogens (tertiary/aromatic N) is 1.